The molecular formula is C17H31ClN2O. The van der Waals surface area contributed by atoms with Crippen LogP contribution in [0.15, 0.2) is 10.2 Å². The number of halogens is 1. The Kier molecular flexibility index (Phi) is 7.86. The molecule has 0 bridgehead atoms. The van der Waals surface area contributed by atoms with Crippen molar-refractivity contribution in [3.8, 4) is 0 Å². The van der Waals surface area contributed by atoms with Crippen LogP contribution in [-0.4, -0.2) is 16.3 Å². The number of hydrogen-bond acceptors (Lipinski definition) is 3. The Hall–Kier alpha value is -0.440. The van der Waals surface area contributed by atoms with E-state index in [-0.39, 0.29) is 10.5 Å². The molecule has 21 heavy (non-hydrogen) atoms. The van der Waals surface area contributed by atoms with E-state index in [1.807, 2.05) is 0 Å². The van der Waals surface area contributed by atoms with E-state index in [2.05, 4.69) is 31.0 Å². The Labute approximate surface area is 134 Å². The van der Waals surface area contributed by atoms with Crippen molar-refractivity contribution in [2.75, 3.05) is 0 Å². The van der Waals surface area contributed by atoms with E-state index in [1.54, 1.807) is 0 Å². The summed E-state index contributed by atoms with van der Waals surface area (Å²) in [6.45, 7) is 6.32. The van der Waals surface area contributed by atoms with Crippen molar-refractivity contribution in [3.63, 3.8) is 0 Å². The second-order valence-electron chi connectivity index (χ2n) is 6.94. The molecule has 0 N–H and O–H groups in total. The molecule has 0 radical (unpaired) electrons. The number of alkyl halides is 1. The largest absolute Gasteiger partial charge is 0.300 e. The van der Waals surface area contributed by atoms with Crippen LogP contribution in [0.4, 0.5) is 0 Å². The van der Waals surface area contributed by atoms with E-state index in [0.717, 1.165) is 44.9 Å². The van der Waals surface area contributed by atoms with E-state index < -0.39 is 0 Å². The molecular weight excluding hydrogens is 284 g/mol. The van der Waals surface area contributed by atoms with Gasteiger partial charge in [0.25, 0.3) is 0 Å². The molecule has 0 aromatic heterocycles. The highest BCUT2D eigenvalue weighted by Crippen LogP contribution is 2.36. The van der Waals surface area contributed by atoms with Gasteiger partial charge in [0.1, 0.15) is 5.78 Å². The summed E-state index contributed by atoms with van der Waals surface area (Å²) in [5.74, 6) is 0.464. The number of carbonyl (C=O) groups is 1. The van der Waals surface area contributed by atoms with Gasteiger partial charge in [-0.3, -0.25) is 4.79 Å². The first-order chi connectivity index (χ1) is 9.87. The highest BCUT2D eigenvalue weighted by atomic mass is 35.5. The third kappa shape index (κ3) is 7.94. The van der Waals surface area contributed by atoms with E-state index in [4.69, 9.17) is 11.6 Å². The van der Waals surface area contributed by atoms with Crippen LogP contribution in [0.3, 0.4) is 0 Å². The maximum Gasteiger partial charge on any atom is 0.154 e. The number of hydrogen-bond donors (Lipinski definition) is 0. The summed E-state index contributed by atoms with van der Waals surface area (Å²) in [6, 6.07) is 0. The van der Waals surface area contributed by atoms with E-state index in [0.29, 0.717) is 5.78 Å². The van der Waals surface area contributed by atoms with Gasteiger partial charge in [-0.2, -0.15) is 10.2 Å². The summed E-state index contributed by atoms with van der Waals surface area (Å²) in [6.07, 6.45) is 11.9. The highest BCUT2D eigenvalue weighted by molar-refractivity contribution is 6.23. The van der Waals surface area contributed by atoms with Gasteiger partial charge in [0.15, 0.2) is 5.00 Å². The summed E-state index contributed by atoms with van der Waals surface area (Å²) >= 11 is 6.38. The molecule has 0 unspecified atom stereocenters. The van der Waals surface area contributed by atoms with E-state index in [1.165, 1.54) is 25.7 Å². The molecule has 0 heterocycles. The molecule has 0 saturated heterocycles. The lowest BCUT2D eigenvalue weighted by atomic mass is 9.95. The molecule has 0 atom stereocenters. The first kappa shape index (κ1) is 18.6. The average molecular weight is 315 g/mol. The normalized spacial score (nSPS) is 22.8. The Morgan fingerprint density at radius 1 is 1.05 bits per heavy atom. The van der Waals surface area contributed by atoms with Crippen LogP contribution in [0.1, 0.15) is 91.4 Å². The number of ketones is 1. The van der Waals surface area contributed by atoms with Crippen molar-refractivity contribution in [1.82, 2.24) is 0 Å². The summed E-state index contributed by atoms with van der Waals surface area (Å²) in [5, 5.41) is 8.71. The fraction of sp³-hybridized carbons (Fsp3) is 0.941. The van der Waals surface area contributed by atoms with Crippen molar-refractivity contribution in [1.29, 1.82) is 0 Å². The second kappa shape index (κ2) is 8.87. The van der Waals surface area contributed by atoms with Gasteiger partial charge in [-0.15, -0.1) is 0 Å². The lowest BCUT2D eigenvalue weighted by Gasteiger charge is -2.27. The third-order valence-corrected chi connectivity index (χ3v) is 4.85. The molecule has 2 aliphatic carbocycles. The smallest absolute Gasteiger partial charge is 0.154 e. The van der Waals surface area contributed by atoms with Crippen molar-refractivity contribution >= 4 is 17.4 Å². The van der Waals surface area contributed by atoms with Crippen LogP contribution >= 0.6 is 11.6 Å². The molecule has 0 amide bonds. The van der Waals surface area contributed by atoms with Gasteiger partial charge >= 0.3 is 0 Å². The quantitative estimate of drug-likeness (QED) is 0.355. The molecule has 2 saturated carbocycles. The van der Waals surface area contributed by atoms with Crippen molar-refractivity contribution in [2.45, 2.75) is 102 Å². The zero-order chi connectivity index (χ0) is 15.8. The molecule has 0 aromatic carbocycles. The molecule has 2 rings (SSSR count). The van der Waals surface area contributed by atoms with Crippen LogP contribution in [0, 0.1) is 0 Å². The third-order valence-electron chi connectivity index (χ3n) is 4.40. The van der Waals surface area contributed by atoms with Gasteiger partial charge in [-0.1, -0.05) is 31.4 Å². The molecule has 0 aliphatic heterocycles. The Morgan fingerprint density at radius 3 is 2.00 bits per heavy atom. The van der Waals surface area contributed by atoms with Crippen molar-refractivity contribution in [3.05, 3.63) is 0 Å². The Morgan fingerprint density at radius 2 is 1.57 bits per heavy atom. The molecule has 0 aromatic rings. The van der Waals surface area contributed by atoms with E-state index in [9.17, 15) is 4.79 Å². The minimum Gasteiger partial charge on any atom is -0.300 e. The number of Topliss-reactive ketones (excluding diaryl/α,β-unsaturated/α-hetero) is 1. The fourth-order valence-electron chi connectivity index (χ4n) is 2.44. The Bertz CT molecular complexity index is 339. The SMILES string of the molecule is CCC(C)(C)N=NC1(Cl)CCCCC1.O=C1CCCCC1. The molecule has 4 heteroatoms. The highest BCUT2D eigenvalue weighted by Gasteiger charge is 2.30. The predicted molar refractivity (Wildman–Crippen MR) is 89.0 cm³/mol. The monoisotopic (exact) mass is 314 g/mol. The van der Waals surface area contributed by atoms with Crippen LogP contribution in [-0.2, 0) is 4.79 Å². The minimum absolute atomic E-state index is 0.0562. The van der Waals surface area contributed by atoms with Crippen LogP contribution in [0.5, 0.6) is 0 Å². The maximum atomic E-state index is 10.5. The topological polar surface area (TPSA) is 41.8 Å². The summed E-state index contributed by atoms with van der Waals surface area (Å²) in [7, 11) is 0. The lowest BCUT2D eigenvalue weighted by molar-refractivity contribution is -0.120. The lowest BCUT2D eigenvalue weighted by Crippen LogP contribution is -2.23. The molecule has 0 spiro atoms. The Balaban J connectivity index is 0.000000262. The van der Waals surface area contributed by atoms with Gasteiger partial charge < -0.3 is 0 Å². The van der Waals surface area contributed by atoms with Crippen LogP contribution in [0.2, 0.25) is 0 Å². The zero-order valence-electron chi connectivity index (χ0n) is 14.0. The van der Waals surface area contributed by atoms with Gasteiger partial charge in [-0.05, 0) is 58.8 Å². The molecule has 122 valence electrons. The number of carbonyl (C=O) groups excluding carboxylic acids is 1. The number of rotatable bonds is 3. The van der Waals surface area contributed by atoms with Crippen molar-refractivity contribution < 1.29 is 4.79 Å². The first-order valence-corrected chi connectivity index (χ1v) is 8.89. The second-order valence-corrected chi connectivity index (χ2v) is 7.65. The van der Waals surface area contributed by atoms with Gasteiger partial charge in [0, 0.05) is 12.8 Å². The minimum atomic E-state index is -0.384. The molecule has 2 fully saturated rings. The summed E-state index contributed by atoms with van der Waals surface area (Å²) in [4.78, 5) is 10.1. The predicted octanol–water partition coefficient (Wildman–Crippen LogP) is 6.05. The zero-order valence-corrected chi connectivity index (χ0v) is 14.7. The fourth-order valence-corrected chi connectivity index (χ4v) is 2.74. The molecule has 2 aliphatic rings. The van der Waals surface area contributed by atoms with Crippen molar-refractivity contribution in [2.24, 2.45) is 10.2 Å². The number of nitrogens with zero attached hydrogens (tertiary/aromatic N) is 2. The first-order valence-electron chi connectivity index (χ1n) is 8.52. The maximum absolute atomic E-state index is 10.5. The average Bonchev–Trinajstić information content (AvgIpc) is 2.48. The summed E-state index contributed by atoms with van der Waals surface area (Å²) < 4.78 is 0. The standard InChI is InChI=1S/C11H21ClN2.C6H10O/c1-4-10(2,3)13-14-11(12)8-6-5-7-9-11;7-6-4-2-1-3-5-6/h4-9H2,1-3H3;1-5H2. The number of azo groups is 1. The van der Waals surface area contributed by atoms with Gasteiger partial charge in [-0.25, -0.2) is 0 Å². The van der Waals surface area contributed by atoms with Crippen LogP contribution < -0.4 is 0 Å². The van der Waals surface area contributed by atoms with Gasteiger partial charge in [0.2, 0.25) is 0 Å². The summed E-state index contributed by atoms with van der Waals surface area (Å²) in [5.41, 5.74) is -0.0562. The van der Waals surface area contributed by atoms with Crippen LogP contribution in [0.25, 0.3) is 0 Å². The molecule has 3 nitrogen and oxygen atoms in total. The van der Waals surface area contributed by atoms with E-state index >= 15 is 0 Å². The van der Waals surface area contributed by atoms with Gasteiger partial charge in [0.05, 0.1) is 5.54 Å².